The van der Waals surface area contributed by atoms with Crippen LogP contribution in [0.4, 0.5) is 0 Å². The molecule has 0 saturated carbocycles. The van der Waals surface area contributed by atoms with E-state index in [9.17, 15) is 0 Å². The molecule has 0 unspecified atom stereocenters. The monoisotopic (exact) mass is 200 g/mol. The van der Waals surface area contributed by atoms with Gasteiger partial charge in [-0.3, -0.25) is 5.01 Å². The van der Waals surface area contributed by atoms with E-state index >= 15 is 0 Å². The Morgan fingerprint density at radius 3 is 2.43 bits per heavy atom. The lowest BCUT2D eigenvalue weighted by Crippen LogP contribution is -2.31. The third kappa shape index (κ3) is 7.68. The topological polar surface area (TPSA) is 24.5 Å². The van der Waals surface area contributed by atoms with Crippen LogP contribution in [0.3, 0.4) is 0 Å². The molecule has 0 aromatic carbocycles. The largest absolute Gasteiger partial charge is 0.478 e. The van der Waals surface area contributed by atoms with Gasteiger partial charge in [-0.25, -0.2) is 5.43 Å². The van der Waals surface area contributed by atoms with E-state index < -0.39 is 0 Å². The third-order valence-electron chi connectivity index (χ3n) is 1.48. The molecule has 0 heterocycles. The van der Waals surface area contributed by atoms with Crippen LogP contribution in [0, 0.1) is 0 Å². The van der Waals surface area contributed by atoms with E-state index in [1.807, 2.05) is 52.0 Å². The highest BCUT2D eigenvalue weighted by molar-refractivity contribution is 4.87. The minimum atomic E-state index is 0.676. The molecule has 84 valence electrons. The van der Waals surface area contributed by atoms with Gasteiger partial charge < -0.3 is 4.74 Å². The van der Waals surface area contributed by atoms with Gasteiger partial charge in [-0.05, 0) is 19.4 Å². The fourth-order valence-electron chi connectivity index (χ4n) is 0.731. The minimum Gasteiger partial charge on any atom is -0.478 e. The van der Waals surface area contributed by atoms with Crippen molar-refractivity contribution in [2.45, 2.75) is 27.2 Å². The summed E-state index contributed by atoms with van der Waals surface area (Å²) < 4.78 is 5.44. The highest BCUT2D eigenvalue weighted by Crippen LogP contribution is 2.00. The number of hydrogen-bond donors (Lipinski definition) is 1. The molecule has 0 radical (unpaired) electrons. The molecule has 0 aromatic rings. The second-order valence-corrected chi connectivity index (χ2v) is 2.34. The molecule has 3 heteroatoms. The van der Waals surface area contributed by atoms with Gasteiger partial charge in [0.15, 0.2) is 5.88 Å². The first-order valence-electron chi connectivity index (χ1n) is 5.07. The van der Waals surface area contributed by atoms with Gasteiger partial charge in [0.1, 0.15) is 0 Å². The highest BCUT2D eigenvalue weighted by atomic mass is 16.5. The zero-order valence-corrected chi connectivity index (χ0v) is 10.1. The van der Waals surface area contributed by atoms with Crippen molar-refractivity contribution in [1.29, 1.82) is 0 Å². The Labute approximate surface area is 88.4 Å². The molecular formula is C11H24N2O. The molecule has 3 nitrogen and oxygen atoms in total. The first-order chi connectivity index (χ1) is 6.76. The van der Waals surface area contributed by atoms with Crippen molar-refractivity contribution in [3.05, 3.63) is 24.6 Å². The number of hydrogen-bond acceptors (Lipinski definition) is 3. The number of allylic oxidation sites excluding steroid dienone is 1. The summed E-state index contributed by atoms with van der Waals surface area (Å²) in [6, 6.07) is 0. The van der Waals surface area contributed by atoms with Crippen LogP contribution in [0.2, 0.25) is 0 Å². The van der Waals surface area contributed by atoms with Gasteiger partial charge >= 0.3 is 0 Å². The van der Waals surface area contributed by atoms with Gasteiger partial charge in [-0.2, -0.15) is 0 Å². The van der Waals surface area contributed by atoms with E-state index in [4.69, 9.17) is 4.74 Å². The van der Waals surface area contributed by atoms with Crippen LogP contribution in [0.25, 0.3) is 0 Å². The second kappa shape index (κ2) is 12.0. The molecule has 0 saturated heterocycles. The summed E-state index contributed by atoms with van der Waals surface area (Å²) in [7, 11) is 3.75. The van der Waals surface area contributed by atoms with Gasteiger partial charge in [0, 0.05) is 14.1 Å². The van der Waals surface area contributed by atoms with E-state index in [-0.39, 0.29) is 0 Å². The predicted molar refractivity (Wildman–Crippen MR) is 62.7 cm³/mol. The van der Waals surface area contributed by atoms with Crippen LogP contribution in [0.15, 0.2) is 24.6 Å². The van der Waals surface area contributed by atoms with E-state index in [0.29, 0.717) is 6.61 Å². The minimum absolute atomic E-state index is 0.676. The summed E-state index contributed by atoms with van der Waals surface area (Å²) in [6.45, 7) is 10.2. The lowest BCUT2D eigenvalue weighted by atomic mass is 10.4. The van der Waals surface area contributed by atoms with Gasteiger partial charge in [0.25, 0.3) is 0 Å². The smallest absolute Gasteiger partial charge is 0.199 e. The lowest BCUT2D eigenvalue weighted by molar-refractivity contribution is 0.107. The summed E-state index contributed by atoms with van der Waals surface area (Å²) >= 11 is 0. The van der Waals surface area contributed by atoms with Crippen LogP contribution in [0.5, 0.6) is 0 Å². The zero-order chi connectivity index (χ0) is 11.4. The third-order valence-corrected chi connectivity index (χ3v) is 1.48. The number of hydrazine groups is 1. The Morgan fingerprint density at radius 2 is 2.07 bits per heavy atom. The molecule has 0 bridgehead atoms. The average Bonchev–Trinajstić information content (AvgIpc) is 2.26. The molecule has 0 spiro atoms. The van der Waals surface area contributed by atoms with E-state index in [1.54, 1.807) is 0 Å². The van der Waals surface area contributed by atoms with Crippen molar-refractivity contribution in [2.24, 2.45) is 0 Å². The molecule has 0 fully saturated rings. The van der Waals surface area contributed by atoms with E-state index in [2.05, 4.69) is 12.0 Å². The van der Waals surface area contributed by atoms with Crippen LogP contribution < -0.4 is 5.43 Å². The summed E-state index contributed by atoms with van der Waals surface area (Å²) in [5.74, 6) is 0.833. The fourth-order valence-corrected chi connectivity index (χ4v) is 0.731. The first-order valence-corrected chi connectivity index (χ1v) is 5.07. The number of rotatable bonds is 6. The van der Waals surface area contributed by atoms with Crippen LogP contribution in [0.1, 0.15) is 27.2 Å². The van der Waals surface area contributed by atoms with Gasteiger partial charge in [-0.1, -0.05) is 19.9 Å². The maximum absolute atomic E-state index is 5.44. The van der Waals surface area contributed by atoms with Crippen molar-refractivity contribution in [3.63, 3.8) is 0 Å². The number of ether oxygens (including phenoxy) is 1. The molecule has 0 aliphatic heterocycles. The molecule has 0 aromatic heterocycles. The Kier molecular flexibility index (Phi) is 13.3. The molecule has 14 heavy (non-hydrogen) atoms. The normalized spacial score (nSPS) is 9.93. The van der Waals surface area contributed by atoms with Crippen LogP contribution >= 0.6 is 0 Å². The van der Waals surface area contributed by atoms with Gasteiger partial charge in [-0.15, -0.1) is 6.58 Å². The molecule has 1 N–H and O–H groups in total. The number of nitrogens with zero attached hydrogens (tertiary/aromatic N) is 1. The van der Waals surface area contributed by atoms with Crippen molar-refractivity contribution in [1.82, 2.24) is 10.4 Å². The van der Waals surface area contributed by atoms with Crippen LogP contribution in [-0.4, -0.2) is 25.7 Å². The van der Waals surface area contributed by atoms with Crippen molar-refractivity contribution in [2.75, 3.05) is 20.7 Å². The Morgan fingerprint density at radius 1 is 1.50 bits per heavy atom. The Hall–Kier alpha value is -0.960. The molecule has 0 amide bonds. The molecule has 0 rings (SSSR count). The lowest BCUT2D eigenvalue weighted by Gasteiger charge is -2.20. The fraction of sp³-hybridized carbons (Fsp3) is 0.636. The SMILES string of the molecule is C=CCCO/C(=C/C)N(C)NC.CC. The maximum Gasteiger partial charge on any atom is 0.199 e. The first kappa shape index (κ1) is 15.5. The zero-order valence-electron chi connectivity index (χ0n) is 10.1. The molecule has 0 aliphatic rings. The summed E-state index contributed by atoms with van der Waals surface area (Å²) in [4.78, 5) is 0. The summed E-state index contributed by atoms with van der Waals surface area (Å²) in [6.07, 6.45) is 4.63. The Balaban J connectivity index is 0. The average molecular weight is 200 g/mol. The summed E-state index contributed by atoms with van der Waals surface area (Å²) in [5.41, 5.74) is 2.96. The van der Waals surface area contributed by atoms with Crippen LogP contribution in [-0.2, 0) is 4.74 Å². The molecular weight excluding hydrogens is 176 g/mol. The van der Waals surface area contributed by atoms with E-state index in [0.717, 1.165) is 12.3 Å². The van der Waals surface area contributed by atoms with Crippen molar-refractivity contribution >= 4 is 0 Å². The second-order valence-electron chi connectivity index (χ2n) is 2.34. The van der Waals surface area contributed by atoms with E-state index in [1.165, 1.54) is 0 Å². The van der Waals surface area contributed by atoms with Gasteiger partial charge in [0.05, 0.1) is 6.61 Å². The summed E-state index contributed by atoms with van der Waals surface area (Å²) in [5, 5.41) is 1.82. The predicted octanol–water partition coefficient (Wildman–Crippen LogP) is 2.53. The number of nitrogens with one attached hydrogen (secondary N) is 1. The molecule has 0 aliphatic carbocycles. The highest BCUT2D eigenvalue weighted by Gasteiger charge is 1.99. The maximum atomic E-state index is 5.44. The molecule has 0 atom stereocenters. The standard InChI is InChI=1S/C9H18N2O.C2H6/c1-5-7-8-12-9(6-2)11(4)10-3;1-2/h5-6,10H,1,7-8H2,2-4H3;1-2H3/b9-6+;. The quantitative estimate of drug-likeness (QED) is 0.308. The van der Waals surface area contributed by atoms with Gasteiger partial charge in [0.2, 0.25) is 0 Å². The van der Waals surface area contributed by atoms with Crippen molar-refractivity contribution < 1.29 is 4.74 Å². The van der Waals surface area contributed by atoms with Crippen molar-refractivity contribution in [3.8, 4) is 0 Å². The Bertz CT molecular complexity index is 155.